The third kappa shape index (κ3) is 5.33. The fourth-order valence-corrected chi connectivity index (χ4v) is 2.73. The molecule has 0 aromatic carbocycles. The quantitative estimate of drug-likeness (QED) is 0.207. The molecule has 0 radical (unpaired) electrons. The van der Waals surface area contributed by atoms with E-state index in [2.05, 4.69) is 15.2 Å². The molecule has 0 aliphatic carbocycles. The highest BCUT2D eigenvalue weighted by molar-refractivity contribution is 7.99. The molecule has 1 aliphatic rings. The molecule has 0 aromatic rings. The predicted molar refractivity (Wildman–Crippen MR) is 87.0 cm³/mol. The van der Waals surface area contributed by atoms with Crippen LogP contribution in [0.25, 0.3) is 0 Å². The van der Waals surface area contributed by atoms with Crippen LogP contribution in [0.3, 0.4) is 0 Å². The molecule has 11 nitrogen and oxygen atoms in total. The first-order chi connectivity index (χ1) is 11.4. The number of aliphatic hydroxyl groups is 4. The lowest BCUT2D eigenvalue weighted by Gasteiger charge is -2.42. The summed E-state index contributed by atoms with van der Waals surface area (Å²) in [5, 5.41) is 43.7. The summed E-state index contributed by atoms with van der Waals surface area (Å²) in [6.45, 7) is 3.15. The summed E-state index contributed by atoms with van der Waals surface area (Å²) in [6, 6.07) is -1.17. The second kappa shape index (κ2) is 8.38. The van der Waals surface area contributed by atoms with Crippen molar-refractivity contribution in [3.05, 3.63) is 4.91 Å². The van der Waals surface area contributed by atoms with E-state index in [1.165, 1.54) is 20.8 Å². The number of hydrogen-bond donors (Lipinski definition) is 6. The van der Waals surface area contributed by atoms with Crippen molar-refractivity contribution in [1.29, 1.82) is 0 Å². The van der Waals surface area contributed by atoms with Gasteiger partial charge in [-0.3, -0.25) is 9.59 Å². The van der Waals surface area contributed by atoms with Gasteiger partial charge in [-0.15, -0.1) is 4.91 Å². The number of hydrogen-bond acceptors (Lipinski definition) is 10. The molecule has 1 rings (SSSR count). The summed E-state index contributed by atoms with van der Waals surface area (Å²) >= 11 is 0.551. The number of nitrogens with zero attached hydrogens (tertiary/aromatic N) is 1. The topological polar surface area (TPSA) is 178 Å². The average molecular weight is 381 g/mol. The van der Waals surface area contributed by atoms with Gasteiger partial charge in [-0.05, 0) is 13.8 Å². The fraction of sp³-hybridized carbons (Fsp3) is 0.846. The van der Waals surface area contributed by atoms with E-state index in [0.717, 1.165) is 0 Å². The van der Waals surface area contributed by atoms with E-state index in [9.17, 15) is 34.9 Å². The van der Waals surface area contributed by atoms with Gasteiger partial charge in [0.2, 0.25) is 17.6 Å². The number of rotatable bonds is 7. The predicted octanol–water partition coefficient (Wildman–Crippen LogP) is -2.40. The lowest BCUT2D eigenvalue weighted by molar-refractivity contribution is -0.317. The maximum atomic E-state index is 12.4. The second-order valence-electron chi connectivity index (χ2n) is 6.28. The fourth-order valence-electron chi connectivity index (χ4n) is 2.27. The Kier molecular flexibility index (Phi) is 7.28. The zero-order valence-electron chi connectivity index (χ0n) is 14.0. The molecule has 5 unspecified atom stereocenters. The van der Waals surface area contributed by atoms with Gasteiger partial charge < -0.3 is 35.8 Å². The summed E-state index contributed by atoms with van der Waals surface area (Å²) in [4.78, 5) is 34.2. The molecule has 0 bridgehead atoms. The molecular formula is C13H23N3O8S. The summed E-state index contributed by atoms with van der Waals surface area (Å²) in [5.41, 5.74) is 0. The Bertz CT molecular complexity index is 520. The highest BCUT2D eigenvalue weighted by atomic mass is 32.2. The van der Waals surface area contributed by atoms with E-state index in [-0.39, 0.29) is 0 Å². The largest absolute Gasteiger partial charge is 0.388 e. The number of nitrogens with one attached hydrogen (secondary N) is 2. The van der Waals surface area contributed by atoms with Gasteiger partial charge >= 0.3 is 0 Å². The molecule has 25 heavy (non-hydrogen) atoms. The smallest absolute Gasteiger partial charge is 0.244 e. The number of carbonyl (C=O) groups excluding carboxylic acids is 2. The zero-order valence-corrected chi connectivity index (χ0v) is 14.8. The summed E-state index contributed by atoms with van der Waals surface area (Å²) < 4.78 is 6.50. The monoisotopic (exact) mass is 381 g/mol. The van der Waals surface area contributed by atoms with E-state index in [1.807, 2.05) is 0 Å². The standard InChI is InChI=1S/C13H23N3O8S/c1-6(17)15-9(12(2,3)25-16-23)11(21)14-5-13(22)10(20)8(19)7(18)4-24-13/h7-10,18-20,22H,4-5H2,1-3H3,(H,14,21)(H,15,17). The van der Waals surface area contributed by atoms with E-state index in [0.29, 0.717) is 11.9 Å². The first-order valence-electron chi connectivity index (χ1n) is 7.41. The molecule has 2 amide bonds. The minimum atomic E-state index is -2.32. The Labute approximate surface area is 148 Å². The van der Waals surface area contributed by atoms with Crippen molar-refractivity contribution in [1.82, 2.24) is 10.6 Å². The average Bonchev–Trinajstić information content (AvgIpc) is 2.52. The van der Waals surface area contributed by atoms with Crippen molar-refractivity contribution in [2.75, 3.05) is 13.2 Å². The van der Waals surface area contributed by atoms with Gasteiger partial charge in [0.15, 0.2) is 0 Å². The van der Waals surface area contributed by atoms with Crippen molar-refractivity contribution in [2.45, 2.75) is 55.7 Å². The molecule has 6 N–H and O–H groups in total. The van der Waals surface area contributed by atoms with Crippen molar-refractivity contribution in [3.63, 3.8) is 0 Å². The van der Waals surface area contributed by atoms with Crippen LogP contribution in [0.2, 0.25) is 0 Å². The van der Waals surface area contributed by atoms with Crippen molar-refractivity contribution >= 4 is 23.8 Å². The van der Waals surface area contributed by atoms with E-state index in [4.69, 9.17) is 4.74 Å². The lowest BCUT2D eigenvalue weighted by atomic mass is 9.96. The normalized spacial score (nSPS) is 31.1. The Morgan fingerprint density at radius 3 is 2.52 bits per heavy atom. The second-order valence-corrected chi connectivity index (χ2v) is 7.66. The molecule has 144 valence electrons. The lowest BCUT2D eigenvalue weighted by Crippen LogP contribution is -2.66. The highest BCUT2D eigenvalue weighted by Crippen LogP contribution is 2.29. The zero-order chi connectivity index (χ0) is 19.4. The number of carbonyl (C=O) groups is 2. The van der Waals surface area contributed by atoms with E-state index >= 15 is 0 Å². The first kappa shape index (κ1) is 21.7. The Morgan fingerprint density at radius 2 is 2.00 bits per heavy atom. The number of amides is 2. The highest BCUT2D eigenvalue weighted by Gasteiger charge is 2.49. The summed E-state index contributed by atoms with van der Waals surface area (Å²) in [5.74, 6) is -3.61. The SMILES string of the molecule is CC(=O)NC(C(=O)NCC1(O)OCC(O)C(O)C1O)C(C)(C)SN=O. The minimum Gasteiger partial charge on any atom is -0.388 e. The van der Waals surface area contributed by atoms with Crippen LogP contribution in [-0.2, 0) is 14.3 Å². The van der Waals surface area contributed by atoms with Gasteiger partial charge in [-0.2, -0.15) is 0 Å². The Morgan fingerprint density at radius 1 is 1.40 bits per heavy atom. The Balaban J connectivity index is 2.83. The summed E-state index contributed by atoms with van der Waals surface area (Å²) in [6.07, 6.45) is -4.91. The maximum Gasteiger partial charge on any atom is 0.244 e. The van der Waals surface area contributed by atoms with Gasteiger partial charge in [0.25, 0.3) is 0 Å². The first-order valence-corrected chi connectivity index (χ1v) is 8.18. The van der Waals surface area contributed by atoms with Crippen LogP contribution in [0.1, 0.15) is 20.8 Å². The maximum absolute atomic E-state index is 12.4. The van der Waals surface area contributed by atoms with Gasteiger partial charge in [0.1, 0.15) is 24.4 Å². The molecule has 1 saturated heterocycles. The molecule has 12 heteroatoms. The van der Waals surface area contributed by atoms with Gasteiger partial charge in [0.05, 0.1) is 17.9 Å². The van der Waals surface area contributed by atoms with Crippen LogP contribution in [0.4, 0.5) is 0 Å². The minimum absolute atomic E-state index is 0.448. The molecule has 0 saturated carbocycles. The van der Waals surface area contributed by atoms with E-state index in [1.54, 1.807) is 0 Å². The number of aliphatic hydroxyl groups excluding tert-OH is 3. The van der Waals surface area contributed by atoms with Crippen molar-refractivity contribution in [2.24, 2.45) is 4.58 Å². The van der Waals surface area contributed by atoms with Gasteiger partial charge in [-0.25, -0.2) is 0 Å². The van der Waals surface area contributed by atoms with Crippen molar-refractivity contribution < 1.29 is 34.8 Å². The van der Waals surface area contributed by atoms with Crippen LogP contribution in [0.5, 0.6) is 0 Å². The molecule has 0 aromatic heterocycles. The number of nitroso groups, excluding NO2 is 1. The molecule has 1 heterocycles. The number of ether oxygens (including phenoxy) is 1. The molecule has 1 aliphatic heterocycles. The van der Waals surface area contributed by atoms with Crippen molar-refractivity contribution in [3.8, 4) is 0 Å². The van der Waals surface area contributed by atoms with Crippen LogP contribution < -0.4 is 10.6 Å². The molecule has 1 fully saturated rings. The van der Waals surface area contributed by atoms with Gasteiger partial charge in [-0.1, -0.05) is 0 Å². The van der Waals surface area contributed by atoms with Crippen LogP contribution >= 0.6 is 11.9 Å². The summed E-state index contributed by atoms with van der Waals surface area (Å²) in [7, 11) is 0. The molecule has 5 atom stereocenters. The molecule has 0 spiro atoms. The van der Waals surface area contributed by atoms with E-state index < -0.39 is 59.9 Å². The van der Waals surface area contributed by atoms with Crippen LogP contribution in [-0.4, -0.2) is 80.3 Å². The third-order valence-corrected chi connectivity index (χ3v) is 4.56. The Hall–Kier alpha value is -1.31. The molecular weight excluding hydrogens is 358 g/mol. The third-order valence-electron chi connectivity index (χ3n) is 3.78. The van der Waals surface area contributed by atoms with Crippen LogP contribution in [0.15, 0.2) is 4.58 Å². The van der Waals surface area contributed by atoms with Crippen LogP contribution in [0, 0.1) is 4.91 Å². The van der Waals surface area contributed by atoms with Gasteiger partial charge in [0, 0.05) is 23.5 Å².